The molecule has 0 spiro atoms. The molecule has 0 amide bonds. The first kappa shape index (κ1) is 39.1. The summed E-state index contributed by atoms with van der Waals surface area (Å²) in [5.74, 6) is 1.29. The molecule has 0 bridgehead atoms. The van der Waals surface area contributed by atoms with E-state index in [4.69, 9.17) is 19.9 Å². The third-order valence-electron chi connectivity index (χ3n) is 13.0. The van der Waals surface area contributed by atoms with Crippen molar-refractivity contribution in [2.75, 3.05) is 0 Å². The number of para-hydroxylation sites is 4. The molecule has 0 aliphatic heterocycles. The highest BCUT2D eigenvalue weighted by Crippen LogP contribution is 2.46. The van der Waals surface area contributed by atoms with Crippen LogP contribution in [0.1, 0.15) is 0 Å². The maximum absolute atomic E-state index is 5.53. The predicted molar refractivity (Wildman–Crippen MR) is 279 cm³/mol. The fourth-order valence-corrected chi connectivity index (χ4v) is 9.89. The number of nitrogens with zero attached hydrogens (tertiary/aromatic N) is 6. The number of hydrogen-bond donors (Lipinski definition) is 0. The van der Waals surface area contributed by atoms with Crippen molar-refractivity contribution in [2.45, 2.75) is 0 Å². The van der Waals surface area contributed by atoms with Crippen molar-refractivity contribution in [3.8, 4) is 79.2 Å². The number of benzene rings is 9. The minimum absolute atomic E-state index is 0.647. The van der Waals surface area contributed by atoms with Gasteiger partial charge in [-0.3, -0.25) is 0 Å². The Morgan fingerprint density at radius 3 is 0.824 bits per heavy atom. The van der Waals surface area contributed by atoms with Gasteiger partial charge < -0.3 is 9.13 Å². The molecule has 0 atom stereocenters. The first-order valence-corrected chi connectivity index (χ1v) is 22.9. The molecule has 0 saturated heterocycles. The van der Waals surface area contributed by atoms with E-state index in [0.29, 0.717) is 11.6 Å². The second-order valence-corrected chi connectivity index (χ2v) is 17.0. The summed E-state index contributed by atoms with van der Waals surface area (Å²) in [6, 6.07) is 85.0. The highest BCUT2D eigenvalue weighted by molar-refractivity contribution is 6.13. The third kappa shape index (κ3) is 6.58. The molecule has 4 aromatic heterocycles. The maximum atomic E-state index is 5.53. The van der Waals surface area contributed by atoms with E-state index in [1.165, 1.54) is 0 Å². The lowest BCUT2D eigenvalue weighted by Gasteiger charge is -2.24. The van der Waals surface area contributed by atoms with Crippen molar-refractivity contribution in [2.24, 2.45) is 0 Å². The molecule has 0 fully saturated rings. The van der Waals surface area contributed by atoms with Crippen LogP contribution in [0.4, 0.5) is 0 Å². The normalized spacial score (nSPS) is 11.5. The summed E-state index contributed by atoms with van der Waals surface area (Å²) in [6.45, 7) is 0. The van der Waals surface area contributed by atoms with E-state index in [-0.39, 0.29) is 0 Å². The van der Waals surface area contributed by atoms with Crippen LogP contribution in [-0.4, -0.2) is 29.1 Å². The second kappa shape index (κ2) is 16.3. The van der Waals surface area contributed by atoms with Crippen LogP contribution in [0.25, 0.3) is 123 Å². The molecule has 68 heavy (non-hydrogen) atoms. The predicted octanol–water partition coefficient (Wildman–Crippen LogP) is 15.5. The van der Waals surface area contributed by atoms with Crippen molar-refractivity contribution in [3.63, 3.8) is 0 Å². The zero-order valence-electron chi connectivity index (χ0n) is 36.8. The molecular weight excluding hydrogens is 829 g/mol. The van der Waals surface area contributed by atoms with Crippen molar-refractivity contribution >= 4 is 43.6 Å². The molecule has 13 rings (SSSR count). The molecule has 0 N–H and O–H groups in total. The van der Waals surface area contributed by atoms with Crippen LogP contribution in [0.2, 0.25) is 0 Å². The van der Waals surface area contributed by atoms with Crippen LogP contribution in [-0.2, 0) is 0 Å². The first-order valence-electron chi connectivity index (χ1n) is 22.9. The summed E-state index contributed by atoms with van der Waals surface area (Å²) in [5, 5.41) is 4.63. The molecule has 6 nitrogen and oxygen atoms in total. The van der Waals surface area contributed by atoms with Crippen molar-refractivity contribution < 1.29 is 0 Å². The molecule has 9 aromatic carbocycles. The lowest BCUT2D eigenvalue weighted by Crippen LogP contribution is -2.09. The van der Waals surface area contributed by atoms with E-state index < -0.39 is 0 Å². The average molecular weight is 869 g/mol. The van der Waals surface area contributed by atoms with Gasteiger partial charge in [-0.2, -0.15) is 0 Å². The van der Waals surface area contributed by atoms with Gasteiger partial charge in [0.1, 0.15) is 0 Å². The van der Waals surface area contributed by atoms with Gasteiger partial charge in [0, 0.05) is 54.9 Å². The molecule has 0 saturated carbocycles. The number of aromatic nitrogens is 6. The van der Waals surface area contributed by atoms with Gasteiger partial charge >= 0.3 is 0 Å². The summed E-state index contributed by atoms with van der Waals surface area (Å²) in [7, 11) is 0. The fourth-order valence-electron chi connectivity index (χ4n) is 9.89. The Hall–Kier alpha value is -9.26. The van der Waals surface area contributed by atoms with Crippen LogP contribution in [0.15, 0.2) is 243 Å². The lowest BCUT2D eigenvalue weighted by molar-refractivity contribution is 1.08. The Bertz CT molecular complexity index is 3520. The van der Waals surface area contributed by atoms with Gasteiger partial charge in [-0.1, -0.05) is 194 Å². The van der Waals surface area contributed by atoms with E-state index in [0.717, 1.165) is 111 Å². The zero-order chi connectivity index (χ0) is 45.0. The smallest absolute Gasteiger partial charge is 0.160 e. The molecule has 0 radical (unpaired) electrons. The number of rotatable bonds is 8. The Balaban J connectivity index is 1.24. The molecular formula is C62H40N6. The number of fused-ring (bicyclic) bond motifs is 6. The highest BCUT2D eigenvalue weighted by Gasteiger charge is 2.28. The Morgan fingerprint density at radius 1 is 0.235 bits per heavy atom. The standard InChI is InChI=1S/C62H40N6/c1-5-21-41(22-6-1)51-39-53(65-61(63-51)43-25-9-3-10-26-43)49-37-38-50(54-40-52(42-23-7-2-8-24-42)64-62(66-54)44-27-11-4-12-28-44)60(68-57-35-19-15-31-47(57)48-32-16-20-36-58(48)68)59(49)67-55-33-17-13-29-45(55)46-30-14-18-34-56(46)67/h1-40H. The van der Waals surface area contributed by atoms with Crippen molar-refractivity contribution in [1.82, 2.24) is 29.1 Å². The zero-order valence-corrected chi connectivity index (χ0v) is 36.8. The van der Waals surface area contributed by atoms with Crippen LogP contribution in [0.3, 0.4) is 0 Å². The van der Waals surface area contributed by atoms with Crippen molar-refractivity contribution in [1.29, 1.82) is 0 Å². The Kier molecular flexibility index (Phi) is 9.39. The molecule has 0 aliphatic rings. The SMILES string of the molecule is c1ccc(-c2cc(-c3ccc(-c4cc(-c5ccccc5)nc(-c5ccccc5)n4)c(-n4c5ccccc5c5ccccc54)c3-n3c4ccccc4c4ccccc43)nc(-c3ccccc3)n2)cc1. The summed E-state index contributed by atoms with van der Waals surface area (Å²) >= 11 is 0. The Morgan fingerprint density at radius 2 is 0.500 bits per heavy atom. The van der Waals surface area contributed by atoms with Gasteiger partial charge in [-0.25, -0.2) is 19.9 Å². The van der Waals surface area contributed by atoms with Crippen LogP contribution in [0.5, 0.6) is 0 Å². The van der Waals surface area contributed by atoms with Gasteiger partial charge in [-0.05, 0) is 48.5 Å². The second-order valence-electron chi connectivity index (χ2n) is 17.0. The van der Waals surface area contributed by atoms with Gasteiger partial charge in [0.25, 0.3) is 0 Å². The largest absolute Gasteiger partial charge is 0.306 e. The quantitative estimate of drug-likeness (QED) is 0.153. The first-order chi connectivity index (χ1) is 33.7. The summed E-state index contributed by atoms with van der Waals surface area (Å²) in [6.07, 6.45) is 0. The summed E-state index contributed by atoms with van der Waals surface area (Å²) in [4.78, 5) is 21.6. The van der Waals surface area contributed by atoms with Gasteiger partial charge in [0.15, 0.2) is 11.6 Å². The average Bonchev–Trinajstić information content (AvgIpc) is 3.94. The molecule has 4 heterocycles. The summed E-state index contributed by atoms with van der Waals surface area (Å²) in [5.41, 5.74) is 15.3. The summed E-state index contributed by atoms with van der Waals surface area (Å²) < 4.78 is 4.90. The topological polar surface area (TPSA) is 61.4 Å². The third-order valence-corrected chi connectivity index (χ3v) is 13.0. The highest BCUT2D eigenvalue weighted by atomic mass is 15.1. The van der Waals surface area contributed by atoms with Crippen LogP contribution in [0, 0.1) is 0 Å². The monoisotopic (exact) mass is 868 g/mol. The molecule has 6 heteroatoms. The van der Waals surface area contributed by atoms with E-state index in [1.54, 1.807) is 0 Å². The van der Waals surface area contributed by atoms with Gasteiger partial charge in [-0.15, -0.1) is 0 Å². The minimum Gasteiger partial charge on any atom is -0.306 e. The van der Waals surface area contributed by atoms with E-state index in [9.17, 15) is 0 Å². The van der Waals surface area contributed by atoms with Crippen LogP contribution < -0.4 is 0 Å². The molecule has 0 unspecified atom stereocenters. The van der Waals surface area contributed by atoms with Crippen molar-refractivity contribution in [3.05, 3.63) is 243 Å². The molecule has 318 valence electrons. The lowest BCUT2D eigenvalue weighted by atomic mass is 9.97. The Labute approximate surface area is 392 Å². The van der Waals surface area contributed by atoms with E-state index in [1.807, 2.05) is 48.5 Å². The number of hydrogen-bond acceptors (Lipinski definition) is 4. The minimum atomic E-state index is 0.647. The van der Waals surface area contributed by atoms with E-state index in [2.05, 4.69) is 203 Å². The fraction of sp³-hybridized carbons (Fsp3) is 0. The maximum Gasteiger partial charge on any atom is 0.160 e. The molecule has 13 aromatic rings. The van der Waals surface area contributed by atoms with Gasteiger partial charge in [0.2, 0.25) is 0 Å². The van der Waals surface area contributed by atoms with E-state index >= 15 is 0 Å². The molecule has 0 aliphatic carbocycles. The van der Waals surface area contributed by atoms with Crippen LogP contribution >= 0.6 is 0 Å². The van der Waals surface area contributed by atoms with Gasteiger partial charge in [0.05, 0.1) is 56.2 Å².